The lowest BCUT2D eigenvalue weighted by molar-refractivity contribution is -0.136. The van der Waals surface area contributed by atoms with E-state index in [-0.39, 0.29) is 22.2 Å². The van der Waals surface area contributed by atoms with Gasteiger partial charge in [-0.1, -0.05) is 12.1 Å². The highest BCUT2D eigenvalue weighted by molar-refractivity contribution is 6.33. The second-order valence-corrected chi connectivity index (χ2v) is 6.58. The van der Waals surface area contributed by atoms with E-state index in [4.69, 9.17) is 10.0 Å². The summed E-state index contributed by atoms with van der Waals surface area (Å²) in [6.45, 7) is -0.540. The maximum Gasteiger partial charge on any atom is 0.707 e. The highest BCUT2D eigenvalue weighted by Gasteiger charge is 2.38. The average Bonchev–Trinajstić information content (AvgIpc) is 2.93. The maximum atomic E-state index is 13.6. The van der Waals surface area contributed by atoms with Crippen molar-refractivity contribution in [3.05, 3.63) is 69.1 Å². The van der Waals surface area contributed by atoms with Gasteiger partial charge < -0.3 is 14.7 Å². The van der Waals surface area contributed by atoms with Crippen molar-refractivity contribution in [1.29, 1.82) is 0 Å². The van der Waals surface area contributed by atoms with Crippen molar-refractivity contribution in [3.8, 4) is 5.75 Å². The number of halogens is 3. The molecule has 1 aliphatic heterocycles. The van der Waals surface area contributed by atoms with Gasteiger partial charge in [0.1, 0.15) is 5.75 Å². The summed E-state index contributed by atoms with van der Waals surface area (Å²) in [5.74, 6) is -1.95. The van der Waals surface area contributed by atoms with Crippen LogP contribution in [0.25, 0.3) is 10.8 Å². The lowest BCUT2D eigenvalue weighted by Gasteiger charge is -2.17. The van der Waals surface area contributed by atoms with Gasteiger partial charge in [0, 0.05) is 5.39 Å². The lowest BCUT2D eigenvalue weighted by Crippen LogP contribution is -2.30. The molecule has 31 heavy (non-hydrogen) atoms. The molecule has 0 fully saturated rings. The third-order valence-electron chi connectivity index (χ3n) is 4.68. The molecule has 2 amide bonds. The van der Waals surface area contributed by atoms with Crippen molar-refractivity contribution in [1.82, 2.24) is 15.1 Å². The second-order valence-electron chi connectivity index (χ2n) is 6.58. The first kappa shape index (κ1) is 20.6. The number of carbonyl (C=O) groups is 2. The van der Waals surface area contributed by atoms with Gasteiger partial charge in [0.15, 0.2) is 0 Å². The molecule has 158 valence electrons. The summed E-state index contributed by atoms with van der Waals surface area (Å²) in [6.07, 6.45) is -5.00. The Morgan fingerprint density at radius 1 is 1.06 bits per heavy atom. The number of benzene rings is 2. The number of carbonyl (C=O) groups excluding carboxylic acids is 2. The van der Waals surface area contributed by atoms with Crippen molar-refractivity contribution in [3.63, 3.8) is 0 Å². The number of aromatic nitrogens is 2. The Bertz CT molecular complexity index is 1260. The summed E-state index contributed by atoms with van der Waals surface area (Å²) in [6, 6.07) is 7.36. The number of nitrogens with zero attached hydrogens (tertiary/aromatic N) is 2. The van der Waals surface area contributed by atoms with Gasteiger partial charge in [0.25, 0.3) is 17.4 Å². The highest BCUT2D eigenvalue weighted by atomic mass is 19.4. The Labute approximate surface area is 170 Å². The molecule has 0 atom stereocenters. The topological polar surface area (TPSA) is 133 Å². The van der Waals surface area contributed by atoms with E-state index in [1.54, 1.807) is 12.1 Å². The monoisotopic (exact) mass is 433 g/mol. The molecule has 1 aliphatic rings. The number of amides is 2. The molecule has 1 aromatic heterocycles. The SMILES string of the molecule is O=C1c2ccccc2C(=O)N1Cc1n[nH]c(=O)c2c(C(F)(F)F)cc(OB(O)O)cc12. The van der Waals surface area contributed by atoms with E-state index in [1.165, 1.54) is 12.1 Å². The van der Waals surface area contributed by atoms with Crippen molar-refractivity contribution in [2.24, 2.45) is 0 Å². The highest BCUT2D eigenvalue weighted by Crippen LogP contribution is 2.37. The molecule has 4 rings (SSSR count). The number of nitrogens with one attached hydrogen (secondary N) is 1. The normalized spacial score (nSPS) is 13.6. The van der Waals surface area contributed by atoms with Gasteiger partial charge in [-0.3, -0.25) is 19.3 Å². The fourth-order valence-corrected chi connectivity index (χ4v) is 3.39. The van der Waals surface area contributed by atoms with Gasteiger partial charge >= 0.3 is 13.5 Å². The van der Waals surface area contributed by atoms with Crippen LogP contribution in [0.3, 0.4) is 0 Å². The van der Waals surface area contributed by atoms with E-state index in [0.29, 0.717) is 6.07 Å². The average molecular weight is 433 g/mol. The van der Waals surface area contributed by atoms with Crippen LogP contribution in [0, 0.1) is 0 Å². The smallest absolute Gasteiger partial charge is 0.512 e. The number of fused-ring (bicyclic) bond motifs is 2. The number of H-pyrrole nitrogens is 1. The third kappa shape index (κ3) is 3.53. The number of rotatable bonds is 4. The molecule has 2 heterocycles. The molecule has 0 bridgehead atoms. The first-order valence-corrected chi connectivity index (χ1v) is 8.68. The Morgan fingerprint density at radius 3 is 2.23 bits per heavy atom. The van der Waals surface area contributed by atoms with Gasteiger partial charge in [0.2, 0.25) is 0 Å². The second kappa shape index (κ2) is 7.21. The predicted octanol–water partition coefficient (Wildman–Crippen LogP) is 1.09. The molecule has 9 nitrogen and oxygen atoms in total. The van der Waals surface area contributed by atoms with Crippen LogP contribution in [-0.4, -0.2) is 44.3 Å². The van der Waals surface area contributed by atoms with Crippen molar-refractivity contribution >= 4 is 29.9 Å². The van der Waals surface area contributed by atoms with Crippen LogP contribution in [0.4, 0.5) is 13.2 Å². The molecule has 13 heteroatoms. The Morgan fingerprint density at radius 2 is 1.68 bits per heavy atom. The van der Waals surface area contributed by atoms with Gasteiger partial charge in [-0.15, -0.1) is 0 Å². The van der Waals surface area contributed by atoms with Crippen LogP contribution in [0.15, 0.2) is 41.2 Å². The van der Waals surface area contributed by atoms with Crippen LogP contribution in [0.5, 0.6) is 5.75 Å². The minimum absolute atomic E-state index is 0.129. The maximum absolute atomic E-state index is 13.6. The Hall–Kier alpha value is -3.71. The lowest BCUT2D eigenvalue weighted by atomic mass is 10.0. The number of alkyl halides is 3. The zero-order valence-electron chi connectivity index (χ0n) is 15.3. The first-order valence-electron chi connectivity index (χ1n) is 8.68. The number of aromatic amines is 1. The molecule has 3 aromatic rings. The minimum atomic E-state index is -5.00. The Kier molecular flexibility index (Phi) is 4.78. The van der Waals surface area contributed by atoms with E-state index >= 15 is 0 Å². The number of hydrogen-bond donors (Lipinski definition) is 3. The zero-order valence-corrected chi connectivity index (χ0v) is 15.3. The van der Waals surface area contributed by atoms with E-state index in [2.05, 4.69) is 9.75 Å². The van der Waals surface area contributed by atoms with Crippen molar-refractivity contribution in [2.45, 2.75) is 12.7 Å². The molecule has 2 aromatic carbocycles. The number of hydrogen-bond acceptors (Lipinski definition) is 7. The molecule has 3 N–H and O–H groups in total. The predicted molar refractivity (Wildman–Crippen MR) is 98.8 cm³/mol. The van der Waals surface area contributed by atoms with Crippen molar-refractivity contribution in [2.75, 3.05) is 0 Å². The Balaban J connectivity index is 1.88. The van der Waals surface area contributed by atoms with Gasteiger partial charge in [0.05, 0.1) is 34.3 Å². The molecule has 0 radical (unpaired) electrons. The van der Waals surface area contributed by atoms with Crippen LogP contribution in [-0.2, 0) is 12.7 Å². The zero-order chi connectivity index (χ0) is 22.5. The summed E-state index contributed by atoms with van der Waals surface area (Å²) in [7, 11) is -2.42. The summed E-state index contributed by atoms with van der Waals surface area (Å²) >= 11 is 0. The fourth-order valence-electron chi connectivity index (χ4n) is 3.39. The summed E-state index contributed by atoms with van der Waals surface area (Å²) < 4.78 is 45.3. The van der Waals surface area contributed by atoms with Crippen molar-refractivity contribution < 1.29 is 37.5 Å². The third-order valence-corrected chi connectivity index (χ3v) is 4.68. The van der Waals surface area contributed by atoms with E-state index in [9.17, 15) is 27.6 Å². The van der Waals surface area contributed by atoms with E-state index in [0.717, 1.165) is 11.0 Å². The molecular formula is C18H11BF3N3O6. The van der Waals surface area contributed by atoms with Gasteiger partial charge in [-0.25, -0.2) is 5.10 Å². The molecule has 0 unspecified atom stereocenters. The minimum Gasteiger partial charge on any atom is -0.512 e. The number of imide groups is 1. The molecule has 0 saturated carbocycles. The standard InChI is InChI=1S/C18H11BF3N3O6/c20-18(21,22)12-6-8(31-19(29)30)5-11-13(23-24-15(26)14(11)12)7-25-16(27)9-3-1-2-4-10(9)17(25)28/h1-6,29-30H,7H2,(H,24,26). The summed E-state index contributed by atoms with van der Waals surface area (Å²) in [5, 5.41) is 22.4. The van der Waals surface area contributed by atoms with Crippen LogP contribution >= 0.6 is 0 Å². The largest absolute Gasteiger partial charge is 0.707 e. The van der Waals surface area contributed by atoms with Crippen LogP contribution < -0.4 is 10.2 Å². The van der Waals surface area contributed by atoms with Crippen LogP contribution in [0.2, 0.25) is 0 Å². The van der Waals surface area contributed by atoms with E-state index < -0.39 is 54.1 Å². The molecule has 0 spiro atoms. The molecule has 0 aliphatic carbocycles. The van der Waals surface area contributed by atoms with Gasteiger partial charge in [-0.2, -0.15) is 18.3 Å². The summed E-state index contributed by atoms with van der Waals surface area (Å²) in [4.78, 5) is 38.1. The fraction of sp³-hybridized carbons (Fsp3) is 0.111. The van der Waals surface area contributed by atoms with Gasteiger partial charge in [-0.05, 0) is 24.3 Å². The van der Waals surface area contributed by atoms with Crippen LogP contribution in [0.1, 0.15) is 32.0 Å². The quantitative estimate of drug-likeness (QED) is 0.415. The first-order chi connectivity index (χ1) is 14.6. The summed E-state index contributed by atoms with van der Waals surface area (Å²) in [5.41, 5.74) is -2.54. The molecule has 0 saturated heterocycles. The molecular weight excluding hydrogens is 422 g/mol. The van der Waals surface area contributed by atoms with E-state index in [1.807, 2.05) is 5.10 Å².